The van der Waals surface area contributed by atoms with Crippen LogP contribution in [0.25, 0.3) is 10.9 Å². The van der Waals surface area contributed by atoms with E-state index < -0.39 is 17.7 Å². The van der Waals surface area contributed by atoms with E-state index in [1.54, 1.807) is 0 Å². The minimum Gasteiger partial charge on any atom is -0.478 e. The number of pyridine rings is 1. The summed E-state index contributed by atoms with van der Waals surface area (Å²) in [6.45, 7) is 0. The Morgan fingerprint density at radius 1 is 1.29 bits per heavy atom. The first-order chi connectivity index (χ1) is 7.99. The molecule has 3 N–H and O–H groups in total. The molecule has 0 unspecified atom stereocenters. The summed E-state index contributed by atoms with van der Waals surface area (Å²) < 4.78 is 13.0. The van der Waals surface area contributed by atoms with E-state index in [1.807, 2.05) is 0 Å². The average molecular weight is 234 g/mol. The quantitative estimate of drug-likeness (QED) is 0.815. The summed E-state index contributed by atoms with van der Waals surface area (Å²) >= 11 is 0. The van der Waals surface area contributed by atoms with Crippen LogP contribution >= 0.6 is 0 Å². The number of nitrogens with two attached hydrogens (primary N) is 1. The number of primary amides is 1. The molecule has 5 nitrogen and oxygen atoms in total. The second-order valence-electron chi connectivity index (χ2n) is 3.39. The summed E-state index contributed by atoms with van der Waals surface area (Å²) in [5, 5.41) is 9.24. The number of carboxylic acids is 1. The Balaban J connectivity index is 2.85. The Morgan fingerprint density at radius 3 is 2.59 bits per heavy atom. The Bertz CT molecular complexity index is 640. The fourth-order valence-corrected chi connectivity index (χ4v) is 1.50. The van der Waals surface area contributed by atoms with Gasteiger partial charge >= 0.3 is 5.97 Å². The van der Waals surface area contributed by atoms with Gasteiger partial charge in [0.25, 0.3) is 5.91 Å². The standard InChI is InChI=1S/C11H7FN2O3/c12-5-1-2-6-7(11(16)17)4-9(10(13)15)14-8(6)3-5/h1-4H,(H2,13,15)(H,16,17). The maximum absolute atomic E-state index is 13.0. The molecular formula is C11H7FN2O3. The summed E-state index contributed by atoms with van der Waals surface area (Å²) in [4.78, 5) is 25.8. The number of carbonyl (C=O) groups excluding carboxylic acids is 1. The molecule has 0 saturated carbocycles. The van der Waals surface area contributed by atoms with Gasteiger partial charge in [-0.05, 0) is 18.2 Å². The Kier molecular flexibility index (Phi) is 2.47. The maximum atomic E-state index is 13.0. The summed E-state index contributed by atoms with van der Waals surface area (Å²) in [6.07, 6.45) is 0. The van der Waals surface area contributed by atoms with Gasteiger partial charge in [0.05, 0.1) is 11.1 Å². The molecule has 0 aliphatic carbocycles. The first kappa shape index (κ1) is 11.0. The number of carbonyl (C=O) groups is 2. The van der Waals surface area contributed by atoms with E-state index in [1.165, 1.54) is 6.07 Å². The number of fused-ring (bicyclic) bond motifs is 1. The van der Waals surface area contributed by atoms with Crippen LogP contribution < -0.4 is 5.73 Å². The molecule has 1 aromatic heterocycles. The van der Waals surface area contributed by atoms with E-state index in [4.69, 9.17) is 10.8 Å². The van der Waals surface area contributed by atoms with Crippen molar-refractivity contribution in [3.63, 3.8) is 0 Å². The number of amides is 1. The highest BCUT2D eigenvalue weighted by Crippen LogP contribution is 2.19. The zero-order valence-corrected chi connectivity index (χ0v) is 8.48. The van der Waals surface area contributed by atoms with Crippen molar-refractivity contribution in [2.75, 3.05) is 0 Å². The lowest BCUT2D eigenvalue weighted by Crippen LogP contribution is -2.14. The molecule has 1 amide bonds. The zero-order chi connectivity index (χ0) is 12.6. The number of rotatable bonds is 2. The molecule has 0 fully saturated rings. The van der Waals surface area contributed by atoms with Gasteiger partial charge in [0.2, 0.25) is 0 Å². The van der Waals surface area contributed by atoms with Crippen LogP contribution in [-0.4, -0.2) is 22.0 Å². The number of aromatic carboxylic acids is 1. The topological polar surface area (TPSA) is 93.3 Å². The summed E-state index contributed by atoms with van der Waals surface area (Å²) in [5.41, 5.74) is 4.76. The summed E-state index contributed by atoms with van der Waals surface area (Å²) in [5.74, 6) is -2.66. The molecule has 0 aliphatic rings. The van der Waals surface area contributed by atoms with Gasteiger partial charge in [0, 0.05) is 11.5 Å². The molecule has 0 spiro atoms. The Hall–Kier alpha value is -2.50. The molecule has 0 saturated heterocycles. The third kappa shape index (κ3) is 1.92. The van der Waals surface area contributed by atoms with Gasteiger partial charge in [-0.25, -0.2) is 14.2 Å². The third-order valence-electron chi connectivity index (χ3n) is 2.25. The van der Waals surface area contributed by atoms with Gasteiger partial charge in [0.1, 0.15) is 11.5 Å². The third-order valence-corrected chi connectivity index (χ3v) is 2.25. The van der Waals surface area contributed by atoms with E-state index in [9.17, 15) is 14.0 Å². The molecule has 1 heterocycles. The number of hydrogen-bond donors (Lipinski definition) is 2. The molecule has 86 valence electrons. The smallest absolute Gasteiger partial charge is 0.336 e. The largest absolute Gasteiger partial charge is 0.478 e. The highest BCUT2D eigenvalue weighted by Gasteiger charge is 2.14. The van der Waals surface area contributed by atoms with E-state index in [-0.39, 0.29) is 22.2 Å². The fourth-order valence-electron chi connectivity index (χ4n) is 1.50. The second kappa shape index (κ2) is 3.82. The molecule has 6 heteroatoms. The van der Waals surface area contributed by atoms with Crippen LogP contribution in [0.5, 0.6) is 0 Å². The molecule has 2 rings (SSSR count). The first-order valence-corrected chi connectivity index (χ1v) is 4.62. The van der Waals surface area contributed by atoms with Crippen molar-refractivity contribution in [3.05, 3.63) is 41.3 Å². The van der Waals surface area contributed by atoms with Crippen LogP contribution in [0.4, 0.5) is 4.39 Å². The molecular weight excluding hydrogens is 227 g/mol. The van der Waals surface area contributed by atoms with Crippen LogP contribution in [0, 0.1) is 5.82 Å². The van der Waals surface area contributed by atoms with Crippen LogP contribution in [0.3, 0.4) is 0 Å². The molecule has 2 aromatic rings. The minimum atomic E-state index is -1.23. The van der Waals surface area contributed by atoms with Gasteiger partial charge < -0.3 is 10.8 Å². The normalized spacial score (nSPS) is 10.4. The summed E-state index contributed by atoms with van der Waals surface area (Å²) in [7, 11) is 0. The number of halogens is 1. The Labute approximate surface area is 94.7 Å². The van der Waals surface area contributed by atoms with E-state index >= 15 is 0 Å². The summed E-state index contributed by atoms with van der Waals surface area (Å²) in [6, 6.07) is 4.55. The van der Waals surface area contributed by atoms with Gasteiger partial charge in [0.15, 0.2) is 0 Å². The van der Waals surface area contributed by atoms with Gasteiger partial charge in [-0.1, -0.05) is 0 Å². The minimum absolute atomic E-state index is 0.0821. The van der Waals surface area contributed by atoms with Crippen molar-refractivity contribution in [3.8, 4) is 0 Å². The highest BCUT2D eigenvalue weighted by atomic mass is 19.1. The van der Waals surface area contributed by atoms with E-state index in [0.29, 0.717) is 0 Å². The SMILES string of the molecule is NC(=O)c1cc(C(=O)O)c2ccc(F)cc2n1. The number of nitrogens with zero attached hydrogens (tertiary/aromatic N) is 1. The number of carboxylic acid groups (broad SMARTS) is 1. The molecule has 17 heavy (non-hydrogen) atoms. The van der Waals surface area contributed by atoms with Crippen LogP contribution in [-0.2, 0) is 0 Å². The molecule has 1 aromatic carbocycles. The Morgan fingerprint density at radius 2 is 2.00 bits per heavy atom. The lowest BCUT2D eigenvalue weighted by atomic mass is 10.1. The van der Waals surface area contributed by atoms with Crippen molar-refractivity contribution >= 4 is 22.8 Å². The van der Waals surface area contributed by atoms with Crippen LogP contribution in [0.15, 0.2) is 24.3 Å². The predicted molar refractivity (Wildman–Crippen MR) is 57.2 cm³/mol. The number of hydrogen-bond acceptors (Lipinski definition) is 3. The van der Waals surface area contributed by atoms with Gasteiger partial charge in [-0.3, -0.25) is 4.79 Å². The van der Waals surface area contributed by atoms with E-state index in [2.05, 4.69) is 4.98 Å². The average Bonchev–Trinajstić information content (AvgIpc) is 2.26. The predicted octanol–water partition coefficient (Wildman–Crippen LogP) is 1.17. The van der Waals surface area contributed by atoms with Crippen LogP contribution in [0.1, 0.15) is 20.8 Å². The molecule has 0 radical (unpaired) electrons. The fraction of sp³-hybridized carbons (Fsp3) is 0. The number of benzene rings is 1. The monoisotopic (exact) mass is 234 g/mol. The van der Waals surface area contributed by atoms with Crippen molar-refractivity contribution in [1.29, 1.82) is 0 Å². The van der Waals surface area contributed by atoms with Gasteiger partial charge in [-0.15, -0.1) is 0 Å². The maximum Gasteiger partial charge on any atom is 0.336 e. The second-order valence-corrected chi connectivity index (χ2v) is 3.39. The van der Waals surface area contributed by atoms with Crippen molar-refractivity contribution in [2.24, 2.45) is 5.73 Å². The zero-order valence-electron chi connectivity index (χ0n) is 8.48. The lowest BCUT2D eigenvalue weighted by Gasteiger charge is -2.04. The van der Waals surface area contributed by atoms with Crippen molar-refractivity contribution in [2.45, 2.75) is 0 Å². The van der Waals surface area contributed by atoms with Gasteiger partial charge in [-0.2, -0.15) is 0 Å². The molecule has 0 aliphatic heterocycles. The van der Waals surface area contributed by atoms with Crippen LogP contribution in [0.2, 0.25) is 0 Å². The highest BCUT2D eigenvalue weighted by molar-refractivity contribution is 6.05. The lowest BCUT2D eigenvalue weighted by molar-refractivity contribution is 0.0699. The van der Waals surface area contributed by atoms with Crippen molar-refractivity contribution < 1.29 is 19.1 Å². The number of aromatic nitrogens is 1. The first-order valence-electron chi connectivity index (χ1n) is 4.62. The molecule has 0 atom stereocenters. The molecule has 0 bridgehead atoms. The van der Waals surface area contributed by atoms with Crippen molar-refractivity contribution in [1.82, 2.24) is 4.98 Å². The van der Waals surface area contributed by atoms with E-state index in [0.717, 1.165) is 18.2 Å².